The quantitative estimate of drug-likeness (QED) is 0.348. The van der Waals surface area contributed by atoms with Crippen molar-refractivity contribution in [2.24, 2.45) is 4.99 Å². The minimum absolute atomic E-state index is 0.126. The number of hydrogen-bond acceptors (Lipinski definition) is 3. The van der Waals surface area contributed by atoms with E-state index in [0.717, 1.165) is 25.7 Å². The van der Waals surface area contributed by atoms with Crippen LogP contribution in [0.5, 0.6) is 0 Å². The summed E-state index contributed by atoms with van der Waals surface area (Å²) in [6.07, 6.45) is 5.50. The molecule has 0 amide bonds. The van der Waals surface area contributed by atoms with E-state index in [1.54, 1.807) is 25.2 Å². The molecule has 0 heterocycles. The molecule has 1 aliphatic carbocycles. The zero-order chi connectivity index (χ0) is 17.2. The normalized spacial score (nSPS) is 15.3. The van der Waals surface area contributed by atoms with Crippen LogP contribution in [0.1, 0.15) is 44.1 Å². The zero-order valence-corrected chi connectivity index (χ0v) is 14.2. The highest BCUT2D eigenvalue weighted by Crippen LogP contribution is 2.21. The fraction of sp³-hybridized carbons (Fsp3) is 0.556. The fourth-order valence-corrected chi connectivity index (χ4v) is 2.73. The number of benzene rings is 1. The predicted octanol–water partition coefficient (Wildman–Crippen LogP) is 2.76. The highest BCUT2D eigenvalue weighted by molar-refractivity contribution is 5.79. The number of carbonyl (C=O) groups is 1. The number of halogens is 1. The van der Waals surface area contributed by atoms with Crippen LogP contribution in [-0.2, 0) is 16.1 Å². The van der Waals surface area contributed by atoms with Gasteiger partial charge in [-0.1, -0.05) is 18.2 Å². The molecule has 24 heavy (non-hydrogen) atoms. The van der Waals surface area contributed by atoms with E-state index < -0.39 is 0 Å². The lowest BCUT2D eigenvalue weighted by Crippen LogP contribution is -2.37. The molecular weight excluding hydrogens is 309 g/mol. The molecule has 1 saturated carbocycles. The average Bonchev–Trinajstić information content (AvgIpc) is 3.08. The second-order valence-corrected chi connectivity index (χ2v) is 5.94. The number of nitrogens with zero attached hydrogens (tertiary/aromatic N) is 1. The second kappa shape index (κ2) is 9.90. The topological polar surface area (TPSA) is 62.7 Å². The number of aliphatic imine (C=N–C) groups is 1. The predicted molar refractivity (Wildman–Crippen MR) is 92.2 cm³/mol. The van der Waals surface area contributed by atoms with Gasteiger partial charge in [-0.2, -0.15) is 0 Å². The molecule has 0 saturated heterocycles. The van der Waals surface area contributed by atoms with E-state index in [0.29, 0.717) is 37.5 Å². The molecule has 0 unspecified atom stereocenters. The van der Waals surface area contributed by atoms with Crippen molar-refractivity contribution in [3.63, 3.8) is 0 Å². The highest BCUT2D eigenvalue weighted by Gasteiger charge is 2.18. The van der Waals surface area contributed by atoms with Gasteiger partial charge in [0.15, 0.2) is 5.96 Å². The Morgan fingerprint density at radius 3 is 2.75 bits per heavy atom. The molecule has 2 rings (SSSR count). The summed E-state index contributed by atoms with van der Waals surface area (Å²) in [5, 5.41) is 6.17. The van der Waals surface area contributed by atoms with E-state index in [1.165, 1.54) is 6.07 Å². The summed E-state index contributed by atoms with van der Waals surface area (Å²) < 4.78 is 19.0. The van der Waals surface area contributed by atoms with Crippen LogP contribution in [0.15, 0.2) is 29.3 Å². The van der Waals surface area contributed by atoms with E-state index in [4.69, 9.17) is 4.74 Å². The van der Waals surface area contributed by atoms with Gasteiger partial charge in [0.25, 0.3) is 0 Å². The number of hydrogen-bond donors (Lipinski definition) is 2. The molecule has 1 aliphatic rings. The molecule has 0 radical (unpaired) electrons. The first-order valence-electron chi connectivity index (χ1n) is 8.56. The molecule has 0 atom stereocenters. The van der Waals surface area contributed by atoms with Crippen molar-refractivity contribution in [2.75, 3.05) is 13.6 Å². The number of ether oxygens (including phenoxy) is 1. The maximum atomic E-state index is 13.6. The Morgan fingerprint density at radius 1 is 1.29 bits per heavy atom. The van der Waals surface area contributed by atoms with E-state index in [-0.39, 0.29) is 17.9 Å². The number of nitrogens with one attached hydrogen (secondary N) is 2. The first-order valence-corrected chi connectivity index (χ1v) is 8.56. The maximum absolute atomic E-state index is 13.6. The van der Waals surface area contributed by atoms with Gasteiger partial charge >= 0.3 is 5.97 Å². The van der Waals surface area contributed by atoms with Crippen LogP contribution in [0.3, 0.4) is 0 Å². The molecule has 0 bridgehead atoms. The van der Waals surface area contributed by atoms with Crippen molar-refractivity contribution >= 4 is 11.9 Å². The van der Waals surface area contributed by atoms with Crippen molar-refractivity contribution in [3.05, 3.63) is 35.6 Å². The molecule has 0 aliphatic heterocycles. The Morgan fingerprint density at radius 2 is 2.04 bits per heavy atom. The Bertz CT molecular complexity index is 557. The molecule has 1 aromatic rings. The van der Waals surface area contributed by atoms with Crippen molar-refractivity contribution < 1.29 is 13.9 Å². The summed E-state index contributed by atoms with van der Waals surface area (Å²) in [5.41, 5.74) is 0.584. The van der Waals surface area contributed by atoms with Crippen molar-refractivity contribution in [3.8, 4) is 0 Å². The van der Waals surface area contributed by atoms with Gasteiger partial charge in [-0.3, -0.25) is 9.79 Å². The Labute approximate surface area is 142 Å². The van der Waals surface area contributed by atoms with Gasteiger partial charge in [-0.25, -0.2) is 4.39 Å². The van der Waals surface area contributed by atoms with Crippen LogP contribution in [0.2, 0.25) is 0 Å². The van der Waals surface area contributed by atoms with Gasteiger partial charge < -0.3 is 15.4 Å². The first kappa shape index (κ1) is 18.2. The molecule has 0 aromatic heterocycles. The SMILES string of the molecule is CN=C(NCCCC(=O)OC1CCCC1)NCc1ccccc1F. The number of guanidine groups is 1. The van der Waals surface area contributed by atoms with Crippen molar-refractivity contribution in [2.45, 2.75) is 51.2 Å². The van der Waals surface area contributed by atoms with Gasteiger partial charge in [0.2, 0.25) is 0 Å². The maximum Gasteiger partial charge on any atom is 0.306 e. The molecule has 1 aromatic carbocycles. The van der Waals surface area contributed by atoms with Crippen LogP contribution in [0.4, 0.5) is 4.39 Å². The zero-order valence-electron chi connectivity index (χ0n) is 14.2. The number of esters is 1. The standard InChI is InChI=1S/C18H26FN3O2/c1-20-18(22-13-14-7-2-5-10-16(14)19)21-12-6-11-17(23)24-15-8-3-4-9-15/h2,5,7,10,15H,3-4,6,8-9,11-13H2,1H3,(H2,20,21,22). The summed E-state index contributed by atoms with van der Waals surface area (Å²) in [4.78, 5) is 15.8. The van der Waals surface area contributed by atoms with E-state index >= 15 is 0 Å². The molecule has 2 N–H and O–H groups in total. The highest BCUT2D eigenvalue weighted by atomic mass is 19.1. The van der Waals surface area contributed by atoms with Crippen LogP contribution in [-0.4, -0.2) is 31.6 Å². The van der Waals surface area contributed by atoms with Gasteiger partial charge in [0, 0.05) is 32.1 Å². The molecule has 132 valence electrons. The van der Waals surface area contributed by atoms with E-state index in [2.05, 4.69) is 15.6 Å². The molecule has 6 heteroatoms. The van der Waals surface area contributed by atoms with E-state index in [1.807, 2.05) is 0 Å². The Hall–Kier alpha value is -2.11. The summed E-state index contributed by atoms with van der Waals surface area (Å²) >= 11 is 0. The van der Waals surface area contributed by atoms with Gasteiger partial charge in [-0.15, -0.1) is 0 Å². The van der Waals surface area contributed by atoms with Gasteiger partial charge in [0.05, 0.1) is 0 Å². The third-order valence-corrected chi connectivity index (χ3v) is 4.08. The van der Waals surface area contributed by atoms with Gasteiger partial charge in [-0.05, 0) is 38.2 Å². The minimum atomic E-state index is -0.241. The van der Waals surface area contributed by atoms with Crippen LogP contribution >= 0.6 is 0 Å². The molecule has 5 nitrogen and oxygen atoms in total. The van der Waals surface area contributed by atoms with E-state index in [9.17, 15) is 9.18 Å². The van der Waals surface area contributed by atoms with Crippen LogP contribution in [0, 0.1) is 5.82 Å². The summed E-state index contributed by atoms with van der Waals surface area (Å²) in [5.74, 6) is 0.218. The van der Waals surface area contributed by atoms with Crippen LogP contribution in [0.25, 0.3) is 0 Å². The smallest absolute Gasteiger partial charge is 0.306 e. The Balaban J connectivity index is 1.61. The lowest BCUT2D eigenvalue weighted by molar-refractivity contribution is -0.148. The van der Waals surface area contributed by atoms with Crippen molar-refractivity contribution in [1.82, 2.24) is 10.6 Å². The minimum Gasteiger partial charge on any atom is -0.462 e. The first-order chi connectivity index (χ1) is 11.7. The molecule has 0 spiro atoms. The third-order valence-electron chi connectivity index (χ3n) is 4.08. The summed E-state index contributed by atoms with van der Waals surface area (Å²) in [6, 6.07) is 6.63. The number of carbonyl (C=O) groups excluding carboxylic acids is 1. The second-order valence-electron chi connectivity index (χ2n) is 5.94. The Kier molecular flexibility index (Phi) is 7.52. The monoisotopic (exact) mass is 335 g/mol. The van der Waals surface area contributed by atoms with Gasteiger partial charge in [0.1, 0.15) is 11.9 Å². The lowest BCUT2D eigenvalue weighted by atomic mass is 10.2. The summed E-state index contributed by atoms with van der Waals surface area (Å²) in [7, 11) is 1.66. The largest absolute Gasteiger partial charge is 0.462 e. The van der Waals surface area contributed by atoms with Crippen molar-refractivity contribution in [1.29, 1.82) is 0 Å². The molecule has 1 fully saturated rings. The van der Waals surface area contributed by atoms with Crippen LogP contribution < -0.4 is 10.6 Å². The third kappa shape index (κ3) is 6.18. The molecular formula is C18H26FN3O2. The number of rotatable bonds is 7. The average molecular weight is 335 g/mol. The fourth-order valence-electron chi connectivity index (χ4n) is 2.73. The summed E-state index contributed by atoms with van der Waals surface area (Å²) in [6.45, 7) is 0.965. The lowest BCUT2D eigenvalue weighted by Gasteiger charge is -2.13.